The molecule has 0 atom stereocenters. The van der Waals surface area contributed by atoms with Gasteiger partial charge < -0.3 is 10.4 Å². The molecule has 2 N–H and O–H groups in total. The predicted molar refractivity (Wildman–Crippen MR) is 67.7 cm³/mol. The number of nitrogens with zero attached hydrogens (tertiary/aromatic N) is 1. The van der Waals surface area contributed by atoms with Gasteiger partial charge in [-0.05, 0) is 17.2 Å². The van der Waals surface area contributed by atoms with Crippen LogP contribution in [0.4, 0.5) is 8.78 Å². The van der Waals surface area contributed by atoms with Gasteiger partial charge in [0.1, 0.15) is 0 Å². The number of pyridine rings is 1. The van der Waals surface area contributed by atoms with Crippen LogP contribution in [-0.2, 0) is 13.2 Å². The fourth-order valence-electron chi connectivity index (χ4n) is 1.71. The number of rotatable bonds is 4. The zero-order chi connectivity index (χ0) is 14.5. The second-order valence-corrected chi connectivity index (χ2v) is 4.12. The summed E-state index contributed by atoms with van der Waals surface area (Å²) >= 11 is 0. The second kappa shape index (κ2) is 6.21. The van der Waals surface area contributed by atoms with Crippen molar-refractivity contribution in [3.05, 3.63) is 65.0 Å². The van der Waals surface area contributed by atoms with E-state index in [9.17, 15) is 13.6 Å². The molecule has 0 saturated heterocycles. The summed E-state index contributed by atoms with van der Waals surface area (Å²) in [6.45, 7) is 0.0437. The first-order chi connectivity index (χ1) is 9.61. The molecule has 2 rings (SSSR count). The van der Waals surface area contributed by atoms with E-state index in [1.807, 2.05) is 0 Å². The van der Waals surface area contributed by atoms with Crippen LogP contribution in [0.15, 0.2) is 36.5 Å². The molecular formula is C14H12F2N2O2. The van der Waals surface area contributed by atoms with Gasteiger partial charge in [-0.3, -0.25) is 4.79 Å². The lowest BCUT2D eigenvalue weighted by atomic mass is 10.1. The molecule has 0 radical (unpaired) electrons. The monoisotopic (exact) mass is 278 g/mol. The molecule has 0 bridgehead atoms. The van der Waals surface area contributed by atoms with Crippen molar-refractivity contribution in [2.75, 3.05) is 0 Å². The van der Waals surface area contributed by atoms with Gasteiger partial charge in [-0.1, -0.05) is 24.3 Å². The number of carbonyl (C=O) groups is 1. The summed E-state index contributed by atoms with van der Waals surface area (Å²) in [5, 5.41) is 11.5. The molecule has 0 aliphatic heterocycles. The Kier molecular flexibility index (Phi) is 4.37. The van der Waals surface area contributed by atoms with E-state index in [-0.39, 0.29) is 13.2 Å². The number of hydrogen-bond donors (Lipinski definition) is 2. The maximum atomic E-state index is 13.4. The number of aliphatic hydroxyl groups excluding tert-OH is 1. The Bertz CT molecular complexity index is 632. The van der Waals surface area contributed by atoms with Gasteiger partial charge in [0.25, 0.3) is 5.91 Å². The Labute approximate surface area is 114 Å². The summed E-state index contributed by atoms with van der Waals surface area (Å²) in [7, 11) is 0. The minimum atomic E-state index is -1.31. The molecule has 0 unspecified atom stereocenters. The molecule has 0 saturated carbocycles. The highest BCUT2D eigenvalue weighted by Gasteiger charge is 2.15. The summed E-state index contributed by atoms with van der Waals surface area (Å²) in [4.78, 5) is 14.9. The lowest BCUT2D eigenvalue weighted by molar-refractivity contribution is 0.0945. The molecular weight excluding hydrogens is 266 g/mol. The number of hydrogen-bond acceptors (Lipinski definition) is 3. The Morgan fingerprint density at radius 1 is 1.25 bits per heavy atom. The SMILES string of the molecule is O=C(NCc1cccc(CO)c1)c1ccnc(F)c1F. The first-order valence-corrected chi connectivity index (χ1v) is 5.88. The molecule has 104 valence electrons. The van der Waals surface area contributed by atoms with Crippen LogP contribution in [0, 0.1) is 11.8 Å². The van der Waals surface area contributed by atoms with Crippen molar-refractivity contribution >= 4 is 5.91 Å². The predicted octanol–water partition coefficient (Wildman–Crippen LogP) is 1.78. The molecule has 0 fully saturated rings. The van der Waals surface area contributed by atoms with Gasteiger partial charge in [-0.2, -0.15) is 4.39 Å². The summed E-state index contributed by atoms with van der Waals surface area (Å²) in [5.74, 6) is -3.30. The molecule has 1 amide bonds. The maximum Gasteiger partial charge on any atom is 0.254 e. The van der Waals surface area contributed by atoms with Crippen molar-refractivity contribution in [3.8, 4) is 0 Å². The molecule has 0 aliphatic rings. The number of nitrogens with one attached hydrogen (secondary N) is 1. The zero-order valence-corrected chi connectivity index (χ0v) is 10.4. The van der Waals surface area contributed by atoms with Crippen LogP contribution in [0.5, 0.6) is 0 Å². The highest BCUT2D eigenvalue weighted by Crippen LogP contribution is 2.10. The maximum absolute atomic E-state index is 13.4. The van der Waals surface area contributed by atoms with E-state index in [4.69, 9.17) is 5.11 Å². The third-order valence-electron chi connectivity index (χ3n) is 2.72. The molecule has 0 spiro atoms. The van der Waals surface area contributed by atoms with E-state index in [0.29, 0.717) is 5.56 Å². The quantitative estimate of drug-likeness (QED) is 0.838. The molecule has 4 nitrogen and oxygen atoms in total. The Hall–Kier alpha value is -2.34. The largest absolute Gasteiger partial charge is 0.392 e. The van der Waals surface area contributed by atoms with Gasteiger partial charge >= 0.3 is 0 Å². The molecule has 1 aromatic heterocycles. The average molecular weight is 278 g/mol. The Balaban J connectivity index is 2.06. The number of amides is 1. The summed E-state index contributed by atoms with van der Waals surface area (Å²) in [6.07, 6.45) is 1.03. The van der Waals surface area contributed by atoms with Gasteiger partial charge in [-0.25, -0.2) is 9.37 Å². The smallest absolute Gasteiger partial charge is 0.254 e. The normalized spacial score (nSPS) is 10.3. The average Bonchev–Trinajstić information content (AvgIpc) is 2.48. The van der Waals surface area contributed by atoms with Crippen LogP contribution in [0.1, 0.15) is 21.5 Å². The molecule has 1 heterocycles. The van der Waals surface area contributed by atoms with E-state index in [2.05, 4.69) is 10.3 Å². The Morgan fingerprint density at radius 3 is 2.75 bits per heavy atom. The van der Waals surface area contributed by atoms with Crippen molar-refractivity contribution in [2.24, 2.45) is 0 Å². The van der Waals surface area contributed by atoms with E-state index in [0.717, 1.165) is 17.8 Å². The number of aliphatic hydroxyl groups is 1. The highest BCUT2D eigenvalue weighted by atomic mass is 19.2. The van der Waals surface area contributed by atoms with Crippen LogP contribution in [0.3, 0.4) is 0 Å². The third kappa shape index (κ3) is 3.16. The van der Waals surface area contributed by atoms with Gasteiger partial charge in [0, 0.05) is 12.7 Å². The van der Waals surface area contributed by atoms with Crippen LogP contribution in [0.25, 0.3) is 0 Å². The molecule has 6 heteroatoms. The lowest BCUT2D eigenvalue weighted by Gasteiger charge is -2.07. The van der Waals surface area contributed by atoms with Crippen molar-refractivity contribution in [2.45, 2.75) is 13.2 Å². The van der Waals surface area contributed by atoms with Gasteiger partial charge in [0.2, 0.25) is 5.95 Å². The molecule has 20 heavy (non-hydrogen) atoms. The second-order valence-electron chi connectivity index (χ2n) is 4.12. The van der Waals surface area contributed by atoms with Gasteiger partial charge in [0.05, 0.1) is 12.2 Å². The zero-order valence-electron chi connectivity index (χ0n) is 10.4. The fourth-order valence-corrected chi connectivity index (χ4v) is 1.71. The number of aromatic nitrogens is 1. The minimum absolute atomic E-state index is 0.105. The lowest BCUT2D eigenvalue weighted by Crippen LogP contribution is -2.24. The van der Waals surface area contributed by atoms with E-state index in [1.54, 1.807) is 24.3 Å². The number of carbonyl (C=O) groups excluding carboxylic acids is 1. The third-order valence-corrected chi connectivity index (χ3v) is 2.72. The summed E-state index contributed by atoms with van der Waals surface area (Å²) in [6, 6.07) is 8.05. The Morgan fingerprint density at radius 2 is 2.00 bits per heavy atom. The van der Waals surface area contributed by atoms with Crippen molar-refractivity contribution in [1.82, 2.24) is 10.3 Å². The standard InChI is InChI=1S/C14H12F2N2O2/c15-12-11(4-5-17-13(12)16)14(20)18-7-9-2-1-3-10(6-9)8-19/h1-6,19H,7-8H2,(H,18,20). The molecule has 0 aliphatic carbocycles. The van der Waals surface area contributed by atoms with Crippen LogP contribution in [0.2, 0.25) is 0 Å². The number of benzene rings is 1. The fraction of sp³-hybridized carbons (Fsp3) is 0.143. The van der Waals surface area contributed by atoms with E-state index >= 15 is 0 Å². The summed E-state index contributed by atoms with van der Waals surface area (Å²) < 4.78 is 26.3. The number of halogens is 2. The van der Waals surface area contributed by atoms with E-state index < -0.39 is 23.2 Å². The van der Waals surface area contributed by atoms with Crippen molar-refractivity contribution in [3.63, 3.8) is 0 Å². The first kappa shape index (κ1) is 14.1. The van der Waals surface area contributed by atoms with Crippen molar-refractivity contribution < 1.29 is 18.7 Å². The van der Waals surface area contributed by atoms with Crippen LogP contribution in [-0.4, -0.2) is 16.0 Å². The topological polar surface area (TPSA) is 62.2 Å². The molecule has 1 aromatic carbocycles. The minimum Gasteiger partial charge on any atom is -0.392 e. The van der Waals surface area contributed by atoms with Crippen LogP contribution < -0.4 is 5.32 Å². The van der Waals surface area contributed by atoms with Gasteiger partial charge in [0.15, 0.2) is 5.82 Å². The van der Waals surface area contributed by atoms with Crippen molar-refractivity contribution in [1.29, 1.82) is 0 Å². The first-order valence-electron chi connectivity index (χ1n) is 5.88. The highest BCUT2D eigenvalue weighted by molar-refractivity contribution is 5.94. The van der Waals surface area contributed by atoms with E-state index in [1.165, 1.54) is 0 Å². The van der Waals surface area contributed by atoms with Crippen LogP contribution >= 0.6 is 0 Å². The molecule has 2 aromatic rings. The van der Waals surface area contributed by atoms with Gasteiger partial charge in [-0.15, -0.1) is 0 Å². The summed E-state index contributed by atoms with van der Waals surface area (Å²) in [5.41, 5.74) is 1.06.